The molecule has 1 aromatic carbocycles. The third kappa shape index (κ3) is 3.46. The van der Waals surface area contributed by atoms with Gasteiger partial charge in [-0.05, 0) is 32.9 Å². The molecule has 4 heterocycles. The lowest BCUT2D eigenvalue weighted by atomic mass is 10.1. The molecule has 0 saturated carbocycles. The maximum absolute atomic E-state index is 9.90. The molecule has 0 spiro atoms. The third-order valence-corrected chi connectivity index (χ3v) is 5.67. The number of benzene rings is 1. The number of nitriles is 1. The molecular formula is C22H25N9O. The maximum Gasteiger partial charge on any atom is 0.196 e. The summed E-state index contributed by atoms with van der Waals surface area (Å²) in [5.74, 6) is 1.67. The first-order chi connectivity index (χ1) is 15.4. The van der Waals surface area contributed by atoms with Gasteiger partial charge in [-0.2, -0.15) is 10.4 Å². The summed E-state index contributed by atoms with van der Waals surface area (Å²) >= 11 is 0. The van der Waals surface area contributed by atoms with Crippen LogP contribution in [0, 0.1) is 18.3 Å². The number of aromatic nitrogens is 5. The summed E-state index contributed by atoms with van der Waals surface area (Å²) < 4.78 is 7.15. The zero-order chi connectivity index (χ0) is 22.4. The van der Waals surface area contributed by atoms with E-state index in [1.165, 1.54) is 0 Å². The van der Waals surface area contributed by atoms with Gasteiger partial charge in [0.1, 0.15) is 6.07 Å². The van der Waals surface area contributed by atoms with Crippen LogP contribution < -0.4 is 20.3 Å². The number of anilines is 3. The Kier molecular flexibility index (Phi) is 4.83. The van der Waals surface area contributed by atoms with E-state index in [9.17, 15) is 5.26 Å². The SMILES string of the molecule is COc1cc(Nc2n[nH]c3cc(N4CC(C)NC(C)C4)cc(C#N)c23)nn2cc(C)nc12. The fourth-order valence-electron chi connectivity index (χ4n) is 4.44. The Morgan fingerprint density at radius 2 is 2.00 bits per heavy atom. The van der Waals surface area contributed by atoms with Gasteiger partial charge < -0.3 is 20.3 Å². The number of hydrogen-bond acceptors (Lipinski definition) is 8. The molecule has 2 unspecified atom stereocenters. The van der Waals surface area contributed by atoms with Crippen LogP contribution in [0.15, 0.2) is 24.4 Å². The van der Waals surface area contributed by atoms with Crippen molar-refractivity contribution in [3.63, 3.8) is 0 Å². The molecule has 0 aliphatic carbocycles. The lowest BCUT2D eigenvalue weighted by Gasteiger charge is -2.37. The van der Waals surface area contributed by atoms with Gasteiger partial charge in [-0.25, -0.2) is 9.50 Å². The van der Waals surface area contributed by atoms with Gasteiger partial charge in [-0.3, -0.25) is 5.10 Å². The molecule has 32 heavy (non-hydrogen) atoms. The first-order valence-electron chi connectivity index (χ1n) is 10.6. The summed E-state index contributed by atoms with van der Waals surface area (Å²) in [7, 11) is 1.60. The number of piperazine rings is 1. The highest BCUT2D eigenvalue weighted by Crippen LogP contribution is 2.32. The molecule has 0 bridgehead atoms. The molecule has 4 aromatic rings. The standard InChI is InChI=1S/C22H25N9O/c1-12-9-30(10-13(2)24-12)16-5-15(8-23)20-17(6-16)27-28-21(20)26-19-7-18(32-4)22-25-14(3)11-31(22)29-19/h5-7,11-13,24H,9-10H2,1-4H3,(H2,26,27,28,29). The molecule has 164 valence electrons. The zero-order valence-corrected chi connectivity index (χ0v) is 18.5. The van der Waals surface area contributed by atoms with Crippen molar-refractivity contribution in [3.05, 3.63) is 35.7 Å². The normalized spacial score (nSPS) is 18.8. The van der Waals surface area contributed by atoms with Crippen LogP contribution in [-0.2, 0) is 0 Å². The van der Waals surface area contributed by atoms with Crippen molar-refractivity contribution in [2.24, 2.45) is 0 Å². The molecule has 3 N–H and O–H groups in total. The number of aryl methyl sites for hydroxylation is 1. The largest absolute Gasteiger partial charge is 0.493 e. The fraction of sp³-hybridized carbons (Fsp3) is 0.364. The van der Waals surface area contributed by atoms with E-state index >= 15 is 0 Å². The molecular weight excluding hydrogens is 406 g/mol. The van der Waals surface area contributed by atoms with Gasteiger partial charge in [0, 0.05) is 36.9 Å². The minimum Gasteiger partial charge on any atom is -0.493 e. The summed E-state index contributed by atoms with van der Waals surface area (Å²) in [5, 5.41) is 29.5. The number of nitrogens with one attached hydrogen (secondary N) is 3. The molecule has 10 nitrogen and oxygen atoms in total. The fourth-order valence-corrected chi connectivity index (χ4v) is 4.44. The number of ether oxygens (including phenoxy) is 1. The van der Waals surface area contributed by atoms with Crippen molar-refractivity contribution in [1.29, 1.82) is 5.26 Å². The molecule has 1 aliphatic heterocycles. The van der Waals surface area contributed by atoms with Gasteiger partial charge in [-0.1, -0.05) is 0 Å². The highest BCUT2D eigenvalue weighted by molar-refractivity contribution is 5.98. The number of methoxy groups -OCH3 is 1. The zero-order valence-electron chi connectivity index (χ0n) is 18.5. The van der Waals surface area contributed by atoms with Crippen molar-refractivity contribution in [2.45, 2.75) is 32.9 Å². The van der Waals surface area contributed by atoms with Crippen LogP contribution in [0.3, 0.4) is 0 Å². The van der Waals surface area contributed by atoms with E-state index in [4.69, 9.17) is 4.74 Å². The highest BCUT2D eigenvalue weighted by Gasteiger charge is 2.23. The van der Waals surface area contributed by atoms with Gasteiger partial charge in [-0.15, -0.1) is 5.10 Å². The van der Waals surface area contributed by atoms with Crippen molar-refractivity contribution >= 4 is 33.9 Å². The Labute approximate surface area is 185 Å². The Morgan fingerprint density at radius 1 is 1.22 bits per heavy atom. The molecule has 5 rings (SSSR count). The monoisotopic (exact) mass is 431 g/mol. The first-order valence-corrected chi connectivity index (χ1v) is 10.6. The van der Waals surface area contributed by atoms with Crippen molar-refractivity contribution in [1.82, 2.24) is 30.1 Å². The van der Waals surface area contributed by atoms with Crippen LogP contribution in [0.5, 0.6) is 5.75 Å². The van der Waals surface area contributed by atoms with Crippen LogP contribution in [-0.4, -0.2) is 57.1 Å². The first kappa shape index (κ1) is 20.1. The van der Waals surface area contributed by atoms with Gasteiger partial charge in [0.25, 0.3) is 0 Å². The minimum atomic E-state index is 0.377. The van der Waals surface area contributed by atoms with Crippen LogP contribution >= 0.6 is 0 Å². The minimum absolute atomic E-state index is 0.377. The highest BCUT2D eigenvalue weighted by atomic mass is 16.5. The molecule has 2 atom stereocenters. The average Bonchev–Trinajstić information content (AvgIpc) is 3.34. The van der Waals surface area contributed by atoms with Gasteiger partial charge in [0.05, 0.1) is 35.5 Å². The Balaban J connectivity index is 1.53. The van der Waals surface area contributed by atoms with E-state index in [1.54, 1.807) is 17.7 Å². The summed E-state index contributed by atoms with van der Waals surface area (Å²) in [6.45, 7) is 8.01. The molecule has 1 aliphatic rings. The molecule has 0 radical (unpaired) electrons. The van der Waals surface area contributed by atoms with E-state index in [2.05, 4.69) is 61.8 Å². The lowest BCUT2D eigenvalue weighted by molar-refractivity contribution is 0.407. The van der Waals surface area contributed by atoms with Crippen LogP contribution in [0.4, 0.5) is 17.3 Å². The number of fused-ring (bicyclic) bond motifs is 2. The summed E-state index contributed by atoms with van der Waals surface area (Å²) in [6, 6.07) is 8.85. The Bertz CT molecular complexity index is 1340. The van der Waals surface area contributed by atoms with Crippen LogP contribution in [0.1, 0.15) is 25.1 Å². The maximum atomic E-state index is 9.90. The second-order valence-corrected chi connectivity index (χ2v) is 8.35. The number of H-pyrrole nitrogens is 1. The number of nitrogens with zero attached hydrogens (tertiary/aromatic N) is 6. The smallest absolute Gasteiger partial charge is 0.196 e. The number of hydrogen-bond donors (Lipinski definition) is 3. The van der Waals surface area contributed by atoms with Crippen molar-refractivity contribution in [3.8, 4) is 11.8 Å². The Morgan fingerprint density at radius 3 is 2.72 bits per heavy atom. The second-order valence-electron chi connectivity index (χ2n) is 8.35. The van der Waals surface area contributed by atoms with E-state index < -0.39 is 0 Å². The topological polar surface area (TPSA) is 119 Å². The molecule has 3 aromatic heterocycles. The van der Waals surface area contributed by atoms with Crippen molar-refractivity contribution < 1.29 is 4.74 Å². The summed E-state index contributed by atoms with van der Waals surface area (Å²) in [4.78, 5) is 6.75. The van der Waals surface area contributed by atoms with Gasteiger partial charge in [0.15, 0.2) is 23.0 Å². The lowest BCUT2D eigenvalue weighted by Crippen LogP contribution is -2.54. The molecule has 0 amide bonds. The Hall–Kier alpha value is -3.84. The van der Waals surface area contributed by atoms with Crippen LogP contribution in [0.2, 0.25) is 0 Å². The predicted molar refractivity (Wildman–Crippen MR) is 123 cm³/mol. The van der Waals surface area contributed by atoms with E-state index in [1.807, 2.05) is 19.2 Å². The van der Waals surface area contributed by atoms with Crippen molar-refractivity contribution in [2.75, 3.05) is 30.4 Å². The molecule has 1 saturated heterocycles. The van der Waals surface area contributed by atoms with Gasteiger partial charge >= 0.3 is 0 Å². The summed E-state index contributed by atoms with van der Waals surface area (Å²) in [6.07, 6.45) is 1.83. The predicted octanol–water partition coefficient (Wildman–Crippen LogP) is 2.72. The molecule has 10 heteroatoms. The second kappa shape index (κ2) is 7.69. The van der Waals surface area contributed by atoms with E-state index in [0.29, 0.717) is 40.7 Å². The number of imidazole rings is 1. The van der Waals surface area contributed by atoms with E-state index in [0.717, 1.165) is 35.4 Å². The van der Waals surface area contributed by atoms with Gasteiger partial charge in [0.2, 0.25) is 0 Å². The van der Waals surface area contributed by atoms with Crippen LogP contribution in [0.25, 0.3) is 16.6 Å². The molecule has 1 fully saturated rings. The van der Waals surface area contributed by atoms with E-state index in [-0.39, 0.29) is 0 Å². The number of aromatic amines is 1. The number of rotatable bonds is 4. The third-order valence-electron chi connectivity index (χ3n) is 5.67. The quantitative estimate of drug-likeness (QED) is 0.451. The average molecular weight is 432 g/mol. The summed E-state index contributed by atoms with van der Waals surface area (Å²) in [5.41, 5.74) is 3.85.